The lowest BCUT2D eigenvalue weighted by Crippen LogP contribution is -2.64. The molecule has 3 N–H and O–H groups in total. The topological polar surface area (TPSA) is 94.9 Å². The highest BCUT2D eigenvalue weighted by Gasteiger charge is 2.65. The van der Waals surface area contributed by atoms with Gasteiger partial charge in [-0.15, -0.1) is 0 Å². The Morgan fingerprint density at radius 3 is 1.72 bits per heavy atom. The standard InChI is InChI=1S/C18H21NO3.C17H19NO3.3CH4/c1-19-8-7-18-11-4-5-13(20)17(18)22-16-14(21-2)6-3-10(15(16)18)9-12(11)19;1-18-7-6-17-10-3-5-13(20)16(17)21-15-12(19)4-2-9(14(15)17)8-11(10)18;;;/h3-6,11-13,17,20H,7-9H2,1-2H3;2-5,10-11,13,16,19-20H,6-8H2,1H3;3*1H4/t11?,12?,13?,17?,18-;10?,11?,13?,16?,17-;;;/m00.../s1. The van der Waals surface area contributed by atoms with E-state index in [4.69, 9.17) is 14.2 Å². The normalized spacial score (nSPS) is 39.1. The van der Waals surface area contributed by atoms with Crippen molar-refractivity contribution in [3.8, 4) is 23.0 Å². The number of aliphatic hydroxyl groups excluding tert-OH is 2. The monoisotopic (exact) mass is 632 g/mol. The summed E-state index contributed by atoms with van der Waals surface area (Å²) in [7, 11) is 6.10. The summed E-state index contributed by atoms with van der Waals surface area (Å²) in [6.45, 7) is 2.06. The van der Waals surface area contributed by atoms with Gasteiger partial charge < -0.3 is 39.3 Å². The molecule has 2 spiro atoms. The van der Waals surface area contributed by atoms with E-state index in [1.807, 2.05) is 24.3 Å². The highest BCUT2D eigenvalue weighted by Crippen LogP contribution is 2.63. The molecular formula is C38H52N2O6. The van der Waals surface area contributed by atoms with Crippen molar-refractivity contribution in [2.24, 2.45) is 11.8 Å². The molecule has 8 nitrogen and oxygen atoms in total. The largest absolute Gasteiger partial charge is 0.504 e. The van der Waals surface area contributed by atoms with Crippen LogP contribution in [0.5, 0.6) is 23.0 Å². The molecule has 0 amide bonds. The Morgan fingerprint density at radius 2 is 1.20 bits per heavy atom. The summed E-state index contributed by atoms with van der Waals surface area (Å²) in [6, 6.07) is 8.93. The second-order valence-electron chi connectivity index (χ2n) is 14.0. The maximum atomic E-state index is 10.6. The van der Waals surface area contributed by atoms with Crippen LogP contribution < -0.4 is 14.2 Å². The molecule has 8 heteroatoms. The Kier molecular flexibility index (Phi) is 7.87. The number of methoxy groups -OCH3 is 1. The third-order valence-corrected chi connectivity index (χ3v) is 12.5. The fraction of sp³-hybridized carbons (Fsp3) is 0.579. The predicted molar refractivity (Wildman–Crippen MR) is 180 cm³/mol. The molecule has 46 heavy (non-hydrogen) atoms. The number of aromatic hydroxyl groups is 1. The summed E-state index contributed by atoms with van der Waals surface area (Å²) < 4.78 is 17.9. The van der Waals surface area contributed by atoms with E-state index in [9.17, 15) is 15.3 Å². The van der Waals surface area contributed by atoms with Gasteiger partial charge in [0.05, 0.1) is 7.11 Å². The maximum absolute atomic E-state index is 10.6. The van der Waals surface area contributed by atoms with Crippen molar-refractivity contribution in [1.29, 1.82) is 0 Å². The summed E-state index contributed by atoms with van der Waals surface area (Å²) in [5, 5.41) is 31.2. The number of likely N-dealkylation sites (tertiary alicyclic amines) is 2. The van der Waals surface area contributed by atoms with Crippen molar-refractivity contribution in [3.63, 3.8) is 0 Å². The van der Waals surface area contributed by atoms with E-state index in [0.717, 1.165) is 50.3 Å². The Bertz CT molecular complexity index is 1590. The smallest absolute Gasteiger partial charge is 0.165 e. The molecule has 10 rings (SSSR count). The summed E-state index contributed by atoms with van der Waals surface area (Å²) in [5.74, 6) is 3.28. The number of hydrogen-bond acceptors (Lipinski definition) is 8. The highest BCUT2D eigenvalue weighted by atomic mass is 16.5. The number of benzene rings is 2. The maximum Gasteiger partial charge on any atom is 0.165 e. The van der Waals surface area contributed by atoms with Crippen molar-refractivity contribution in [1.82, 2.24) is 9.80 Å². The molecule has 250 valence electrons. The summed E-state index contributed by atoms with van der Waals surface area (Å²) >= 11 is 0. The first-order valence-corrected chi connectivity index (χ1v) is 15.8. The summed E-state index contributed by atoms with van der Waals surface area (Å²) in [4.78, 5) is 4.91. The first-order chi connectivity index (χ1) is 20.8. The quantitative estimate of drug-likeness (QED) is 0.393. The lowest BCUT2D eigenvalue weighted by Gasteiger charge is -2.56. The number of piperidine rings is 2. The van der Waals surface area contributed by atoms with E-state index >= 15 is 0 Å². The van der Waals surface area contributed by atoms with Gasteiger partial charge in [0.25, 0.3) is 0 Å². The Morgan fingerprint density at radius 1 is 0.717 bits per heavy atom. The zero-order valence-electron chi connectivity index (χ0n) is 24.9. The highest BCUT2D eigenvalue weighted by molar-refractivity contribution is 5.63. The van der Waals surface area contributed by atoms with Crippen LogP contribution in [-0.2, 0) is 23.7 Å². The van der Waals surface area contributed by atoms with Crippen LogP contribution in [0, 0.1) is 11.8 Å². The minimum absolute atomic E-state index is 0. The SMILES string of the molecule is C.C.C.CN1CC[C@]23c4c5ccc(O)c4OC2C(O)C=CC3C1C5.COc1ccc2c3c1OC1C(O)C=CC4C(C2)N(C)CC[C@@]341. The molecular weight excluding hydrogens is 580 g/mol. The van der Waals surface area contributed by atoms with Gasteiger partial charge in [-0.1, -0.05) is 58.7 Å². The molecule has 0 saturated carbocycles. The van der Waals surface area contributed by atoms with Crippen LogP contribution in [0.2, 0.25) is 0 Å². The van der Waals surface area contributed by atoms with Crippen molar-refractivity contribution < 1.29 is 29.5 Å². The van der Waals surface area contributed by atoms with Gasteiger partial charge in [-0.25, -0.2) is 0 Å². The number of likely N-dealkylation sites (N-methyl/N-ethyl adjacent to an activating group) is 2. The number of rotatable bonds is 1. The average Bonchev–Trinajstić information content (AvgIpc) is 3.55. The Hall–Kier alpha value is -3.04. The fourth-order valence-corrected chi connectivity index (χ4v) is 10.6. The third-order valence-electron chi connectivity index (χ3n) is 12.5. The van der Waals surface area contributed by atoms with Crippen LogP contribution in [-0.4, -0.2) is 95.9 Å². The third kappa shape index (κ3) is 3.81. The molecule has 8 unspecified atom stereocenters. The predicted octanol–water partition coefficient (Wildman–Crippen LogP) is 4.61. The molecule has 4 aliphatic carbocycles. The minimum atomic E-state index is -0.594. The van der Waals surface area contributed by atoms with E-state index < -0.39 is 12.2 Å². The first kappa shape index (κ1) is 32.9. The summed E-state index contributed by atoms with van der Waals surface area (Å²) in [5.41, 5.74) is 4.89. The molecule has 4 bridgehead atoms. The molecule has 8 aliphatic rings. The molecule has 0 aromatic heterocycles. The fourth-order valence-electron chi connectivity index (χ4n) is 10.6. The van der Waals surface area contributed by atoms with Crippen LogP contribution in [0.25, 0.3) is 0 Å². The molecule has 2 aromatic carbocycles. The zero-order valence-corrected chi connectivity index (χ0v) is 24.9. The molecule has 0 radical (unpaired) electrons. The van der Waals surface area contributed by atoms with E-state index in [1.165, 1.54) is 22.3 Å². The van der Waals surface area contributed by atoms with E-state index in [1.54, 1.807) is 13.2 Å². The Labute approximate surface area is 274 Å². The number of aliphatic hydroxyl groups is 2. The van der Waals surface area contributed by atoms with Gasteiger partial charge in [0.2, 0.25) is 0 Å². The second-order valence-corrected chi connectivity index (χ2v) is 14.0. The number of ether oxygens (including phenoxy) is 3. The van der Waals surface area contributed by atoms with Crippen LogP contribution in [0.1, 0.15) is 57.4 Å². The second kappa shape index (κ2) is 11.0. The van der Waals surface area contributed by atoms with E-state index in [0.29, 0.717) is 29.7 Å². The van der Waals surface area contributed by atoms with Crippen LogP contribution in [0.4, 0.5) is 0 Å². The van der Waals surface area contributed by atoms with Crippen LogP contribution in [0.3, 0.4) is 0 Å². The van der Waals surface area contributed by atoms with Gasteiger partial charge in [0.15, 0.2) is 23.0 Å². The Balaban J connectivity index is 0.000000152. The van der Waals surface area contributed by atoms with Crippen molar-refractivity contribution in [3.05, 3.63) is 70.8 Å². The van der Waals surface area contributed by atoms with Gasteiger partial charge >= 0.3 is 0 Å². The minimum Gasteiger partial charge on any atom is -0.504 e. The molecule has 10 atom stereocenters. The number of nitrogens with zero attached hydrogens (tertiary/aromatic N) is 2. The van der Waals surface area contributed by atoms with Crippen molar-refractivity contribution >= 4 is 0 Å². The van der Waals surface area contributed by atoms with E-state index in [2.05, 4.69) is 42.1 Å². The van der Waals surface area contributed by atoms with Gasteiger partial charge in [-0.3, -0.25) is 0 Å². The average molecular weight is 633 g/mol. The van der Waals surface area contributed by atoms with Gasteiger partial charge in [-0.2, -0.15) is 0 Å². The van der Waals surface area contributed by atoms with Crippen molar-refractivity contribution in [2.45, 2.75) is 95.3 Å². The van der Waals surface area contributed by atoms with Crippen molar-refractivity contribution in [2.75, 3.05) is 34.3 Å². The van der Waals surface area contributed by atoms with Crippen LogP contribution >= 0.6 is 0 Å². The molecule has 4 heterocycles. The molecule has 2 saturated heterocycles. The lowest BCUT2D eigenvalue weighted by atomic mass is 9.53. The number of hydrogen-bond donors (Lipinski definition) is 3. The summed E-state index contributed by atoms with van der Waals surface area (Å²) in [6.07, 6.45) is 10.7. The van der Waals surface area contributed by atoms with Gasteiger partial charge in [-0.05, 0) is 76.1 Å². The van der Waals surface area contributed by atoms with Crippen LogP contribution in [0.15, 0.2) is 48.6 Å². The zero-order chi connectivity index (χ0) is 29.4. The number of phenols is 1. The first-order valence-electron chi connectivity index (χ1n) is 15.8. The van der Waals surface area contributed by atoms with Gasteiger partial charge in [0, 0.05) is 45.9 Å². The molecule has 2 fully saturated rings. The molecule has 2 aromatic rings. The molecule has 4 aliphatic heterocycles. The lowest BCUT2D eigenvalue weighted by molar-refractivity contribution is -0.0453. The number of phenolic OH excluding ortho intramolecular Hbond substituents is 1. The van der Waals surface area contributed by atoms with E-state index in [-0.39, 0.29) is 51.1 Å². The van der Waals surface area contributed by atoms with Gasteiger partial charge in [0.1, 0.15) is 24.4 Å².